The summed E-state index contributed by atoms with van der Waals surface area (Å²) < 4.78 is 19.0. The van der Waals surface area contributed by atoms with Crippen molar-refractivity contribution in [3.05, 3.63) is 59.9 Å². The average Bonchev–Trinajstić information content (AvgIpc) is 2.49. The van der Waals surface area contributed by atoms with Crippen LogP contribution in [0, 0.1) is 5.82 Å². The largest absolute Gasteiger partial charge is 0.494 e. The molecule has 0 saturated heterocycles. The molecule has 0 atom stereocenters. The van der Waals surface area contributed by atoms with Crippen molar-refractivity contribution in [3.63, 3.8) is 0 Å². The molecule has 0 aliphatic carbocycles. The van der Waals surface area contributed by atoms with Gasteiger partial charge in [-0.25, -0.2) is 4.39 Å². The van der Waals surface area contributed by atoms with Gasteiger partial charge in [0, 0.05) is 5.69 Å². The molecule has 2 aromatic carbocycles. The van der Waals surface area contributed by atoms with Crippen LogP contribution in [0.25, 0.3) is 0 Å². The monoisotopic (exact) mass is 287 g/mol. The minimum atomic E-state index is -0.533. The molecule has 0 aliphatic rings. The van der Waals surface area contributed by atoms with E-state index in [1.165, 1.54) is 12.1 Å². The average molecular weight is 287 g/mol. The van der Waals surface area contributed by atoms with E-state index >= 15 is 0 Å². The Morgan fingerprint density at radius 2 is 1.86 bits per heavy atom. The second-order valence-corrected chi connectivity index (χ2v) is 4.66. The first-order chi connectivity index (χ1) is 10.2. The third-order valence-electron chi connectivity index (χ3n) is 3.00. The van der Waals surface area contributed by atoms with E-state index in [-0.39, 0.29) is 5.56 Å². The van der Waals surface area contributed by atoms with E-state index in [0.717, 1.165) is 18.6 Å². The fourth-order valence-corrected chi connectivity index (χ4v) is 1.81. The lowest BCUT2D eigenvalue weighted by Gasteiger charge is -2.08. The molecule has 3 nitrogen and oxygen atoms in total. The zero-order chi connectivity index (χ0) is 15.1. The Morgan fingerprint density at radius 3 is 2.52 bits per heavy atom. The fraction of sp³-hybridized carbons (Fsp3) is 0.235. The Kier molecular flexibility index (Phi) is 5.32. The van der Waals surface area contributed by atoms with Crippen LogP contribution in [0.3, 0.4) is 0 Å². The van der Waals surface area contributed by atoms with Crippen LogP contribution in [-0.4, -0.2) is 12.5 Å². The molecule has 0 heterocycles. The van der Waals surface area contributed by atoms with E-state index in [2.05, 4.69) is 12.2 Å². The quantitative estimate of drug-likeness (QED) is 0.806. The molecule has 0 spiro atoms. The van der Waals surface area contributed by atoms with E-state index in [4.69, 9.17) is 4.74 Å². The Hall–Kier alpha value is -2.36. The number of ether oxygens (including phenoxy) is 1. The van der Waals surface area contributed by atoms with Gasteiger partial charge in [0.15, 0.2) is 0 Å². The smallest absolute Gasteiger partial charge is 0.258 e. The number of hydrogen-bond acceptors (Lipinski definition) is 2. The van der Waals surface area contributed by atoms with Crippen molar-refractivity contribution in [1.29, 1.82) is 0 Å². The number of carbonyl (C=O) groups is 1. The second kappa shape index (κ2) is 7.43. The van der Waals surface area contributed by atoms with Crippen LogP contribution in [0.5, 0.6) is 5.75 Å². The number of amides is 1. The van der Waals surface area contributed by atoms with Gasteiger partial charge in [0.2, 0.25) is 0 Å². The van der Waals surface area contributed by atoms with E-state index in [9.17, 15) is 9.18 Å². The lowest BCUT2D eigenvalue weighted by molar-refractivity contribution is 0.102. The van der Waals surface area contributed by atoms with Crippen molar-refractivity contribution in [2.45, 2.75) is 19.8 Å². The van der Waals surface area contributed by atoms with Gasteiger partial charge in [0.1, 0.15) is 11.6 Å². The standard InChI is InChI=1S/C17H18FNO2/c1-2-3-12-21-14-10-8-13(9-11-14)19-17(20)15-6-4-5-7-16(15)18/h4-11H,2-3,12H2,1H3,(H,19,20). The molecule has 0 aliphatic heterocycles. The molecular formula is C17H18FNO2. The predicted octanol–water partition coefficient (Wildman–Crippen LogP) is 4.26. The summed E-state index contributed by atoms with van der Waals surface area (Å²) in [6.07, 6.45) is 2.09. The number of nitrogens with one attached hydrogen (secondary N) is 1. The van der Waals surface area contributed by atoms with E-state index < -0.39 is 11.7 Å². The van der Waals surface area contributed by atoms with Crippen molar-refractivity contribution in [2.75, 3.05) is 11.9 Å². The van der Waals surface area contributed by atoms with Crippen molar-refractivity contribution >= 4 is 11.6 Å². The third kappa shape index (κ3) is 4.31. The van der Waals surface area contributed by atoms with Crippen LogP contribution in [-0.2, 0) is 0 Å². The zero-order valence-corrected chi connectivity index (χ0v) is 11.9. The van der Waals surface area contributed by atoms with Gasteiger partial charge in [0.25, 0.3) is 5.91 Å². The first-order valence-electron chi connectivity index (χ1n) is 6.99. The number of rotatable bonds is 6. The predicted molar refractivity (Wildman–Crippen MR) is 81.2 cm³/mol. The van der Waals surface area contributed by atoms with Gasteiger partial charge in [-0.05, 0) is 42.8 Å². The lowest BCUT2D eigenvalue weighted by atomic mass is 10.2. The Bertz CT molecular complexity index is 596. The number of hydrogen-bond donors (Lipinski definition) is 1. The van der Waals surface area contributed by atoms with E-state index in [1.54, 1.807) is 36.4 Å². The lowest BCUT2D eigenvalue weighted by Crippen LogP contribution is -2.13. The van der Waals surface area contributed by atoms with Gasteiger partial charge in [-0.3, -0.25) is 4.79 Å². The highest BCUT2D eigenvalue weighted by atomic mass is 19.1. The first kappa shape index (κ1) is 15.0. The van der Waals surface area contributed by atoms with Crippen LogP contribution in [0.15, 0.2) is 48.5 Å². The molecule has 0 aromatic heterocycles. The van der Waals surface area contributed by atoms with Crippen LogP contribution in [0.2, 0.25) is 0 Å². The molecule has 2 rings (SSSR count). The van der Waals surface area contributed by atoms with Gasteiger partial charge in [-0.15, -0.1) is 0 Å². The highest BCUT2D eigenvalue weighted by Gasteiger charge is 2.10. The molecule has 4 heteroatoms. The second-order valence-electron chi connectivity index (χ2n) is 4.66. The third-order valence-corrected chi connectivity index (χ3v) is 3.00. The number of unbranched alkanes of at least 4 members (excludes halogenated alkanes) is 1. The number of benzene rings is 2. The Morgan fingerprint density at radius 1 is 1.14 bits per heavy atom. The topological polar surface area (TPSA) is 38.3 Å². The highest BCUT2D eigenvalue weighted by molar-refractivity contribution is 6.04. The highest BCUT2D eigenvalue weighted by Crippen LogP contribution is 2.17. The summed E-state index contributed by atoms with van der Waals surface area (Å²) in [4.78, 5) is 11.9. The molecule has 110 valence electrons. The number of halogens is 1. The summed E-state index contributed by atoms with van der Waals surface area (Å²) >= 11 is 0. The van der Waals surface area contributed by atoms with Gasteiger partial charge in [-0.2, -0.15) is 0 Å². The van der Waals surface area contributed by atoms with Gasteiger partial charge in [-0.1, -0.05) is 25.5 Å². The molecule has 0 fully saturated rings. The molecular weight excluding hydrogens is 269 g/mol. The first-order valence-corrected chi connectivity index (χ1v) is 6.99. The minimum absolute atomic E-state index is 0.0285. The SMILES string of the molecule is CCCCOc1ccc(NC(=O)c2ccccc2F)cc1. The fourth-order valence-electron chi connectivity index (χ4n) is 1.81. The summed E-state index contributed by atoms with van der Waals surface area (Å²) in [6, 6.07) is 12.9. The summed E-state index contributed by atoms with van der Waals surface area (Å²) in [7, 11) is 0. The normalized spacial score (nSPS) is 10.2. The maximum Gasteiger partial charge on any atom is 0.258 e. The summed E-state index contributed by atoms with van der Waals surface area (Å²) in [6.45, 7) is 2.78. The number of anilines is 1. The molecule has 1 amide bonds. The number of carbonyl (C=O) groups excluding carboxylic acids is 1. The molecule has 0 saturated carbocycles. The molecule has 1 N–H and O–H groups in total. The van der Waals surface area contributed by atoms with Crippen molar-refractivity contribution < 1.29 is 13.9 Å². The molecule has 2 aromatic rings. The Balaban J connectivity index is 1.97. The minimum Gasteiger partial charge on any atom is -0.494 e. The molecule has 0 unspecified atom stereocenters. The summed E-state index contributed by atoms with van der Waals surface area (Å²) in [5.41, 5.74) is 0.631. The van der Waals surface area contributed by atoms with Gasteiger partial charge < -0.3 is 10.1 Å². The van der Waals surface area contributed by atoms with Gasteiger partial charge >= 0.3 is 0 Å². The van der Waals surface area contributed by atoms with Crippen molar-refractivity contribution in [3.8, 4) is 5.75 Å². The molecule has 21 heavy (non-hydrogen) atoms. The van der Waals surface area contributed by atoms with Crippen LogP contribution >= 0.6 is 0 Å². The van der Waals surface area contributed by atoms with E-state index in [1.807, 2.05) is 0 Å². The maximum atomic E-state index is 13.5. The van der Waals surface area contributed by atoms with Crippen LogP contribution in [0.4, 0.5) is 10.1 Å². The summed E-state index contributed by atoms with van der Waals surface area (Å²) in [5.74, 6) is -0.241. The van der Waals surface area contributed by atoms with E-state index in [0.29, 0.717) is 12.3 Å². The van der Waals surface area contributed by atoms with Crippen LogP contribution < -0.4 is 10.1 Å². The molecule has 0 radical (unpaired) electrons. The zero-order valence-electron chi connectivity index (χ0n) is 11.9. The van der Waals surface area contributed by atoms with Crippen molar-refractivity contribution in [1.82, 2.24) is 0 Å². The van der Waals surface area contributed by atoms with Gasteiger partial charge in [0.05, 0.1) is 12.2 Å². The van der Waals surface area contributed by atoms with Crippen LogP contribution in [0.1, 0.15) is 30.1 Å². The Labute approximate surface area is 123 Å². The molecule has 0 bridgehead atoms. The van der Waals surface area contributed by atoms with Crippen molar-refractivity contribution in [2.24, 2.45) is 0 Å². The summed E-state index contributed by atoms with van der Waals surface area (Å²) in [5, 5.41) is 2.66. The maximum absolute atomic E-state index is 13.5.